The molecule has 0 amide bonds. The second-order valence-electron chi connectivity index (χ2n) is 10.7. The number of aromatic nitrogens is 2. The monoisotopic (exact) mass is 513 g/mol. The van der Waals surface area contributed by atoms with Gasteiger partial charge in [-0.25, -0.2) is 4.79 Å². The van der Waals surface area contributed by atoms with E-state index in [4.69, 9.17) is 11.6 Å². The van der Waals surface area contributed by atoms with E-state index in [9.17, 15) is 14.7 Å². The van der Waals surface area contributed by atoms with Crippen molar-refractivity contribution in [3.05, 3.63) is 104 Å². The lowest BCUT2D eigenvalue weighted by atomic mass is 9.81. The maximum Gasteiger partial charge on any atom is 0.335 e. The standard InChI is InChI=1S/C30H28ClN3O3/c1-30(2)22-16-20(19-11-13-33(14-12-19)17-18-5-3-6-21(15-18)28(36)37)9-10-24(22)34-25-8-4-7-23(31)26(25)27(35)32-29(30)34/h3-10,15-16,19H,11-14,17H2,1-2H3,(H,36,37). The summed E-state index contributed by atoms with van der Waals surface area (Å²) < 4.78 is 2.09. The predicted octanol–water partition coefficient (Wildman–Crippen LogP) is 5.76. The molecular formula is C30H28ClN3O3. The van der Waals surface area contributed by atoms with Crippen LogP contribution in [-0.2, 0) is 12.0 Å². The van der Waals surface area contributed by atoms with Gasteiger partial charge in [0.25, 0.3) is 5.56 Å². The first-order chi connectivity index (χ1) is 17.7. The number of carbonyl (C=O) groups is 1. The van der Waals surface area contributed by atoms with Crippen molar-refractivity contribution in [1.29, 1.82) is 0 Å². The summed E-state index contributed by atoms with van der Waals surface area (Å²) in [6.45, 7) is 6.94. The topological polar surface area (TPSA) is 75.4 Å². The Labute approximate surface area is 220 Å². The fourth-order valence-corrected chi connectivity index (χ4v) is 6.25. The minimum Gasteiger partial charge on any atom is -0.478 e. The molecule has 3 heterocycles. The normalized spacial score (nSPS) is 17.1. The van der Waals surface area contributed by atoms with E-state index in [0.29, 0.717) is 21.9 Å². The number of benzene rings is 3. The Hall–Kier alpha value is -3.48. The first kappa shape index (κ1) is 23.9. The molecule has 2 aliphatic heterocycles. The van der Waals surface area contributed by atoms with Gasteiger partial charge in [-0.05, 0) is 92.7 Å². The third-order valence-electron chi connectivity index (χ3n) is 8.00. The Kier molecular flexibility index (Phi) is 5.70. The molecule has 6 rings (SSSR count). The molecule has 0 atom stereocenters. The largest absolute Gasteiger partial charge is 0.478 e. The van der Waals surface area contributed by atoms with Gasteiger partial charge >= 0.3 is 5.97 Å². The molecule has 0 saturated carbocycles. The summed E-state index contributed by atoms with van der Waals surface area (Å²) in [5.41, 5.74) is 5.02. The highest BCUT2D eigenvalue weighted by molar-refractivity contribution is 6.35. The van der Waals surface area contributed by atoms with Crippen LogP contribution in [0.2, 0.25) is 5.02 Å². The molecule has 1 saturated heterocycles. The summed E-state index contributed by atoms with van der Waals surface area (Å²) >= 11 is 6.39. The molecule has 1 aromatic heterocycles. The summed E-state index contributed by atoms with van der Waals surface area (Å²) in [6.07, 6.45) is 2.08. The Morgan fingerprint density at radius 1 is 1.08 bits per heavy atom. The molecule has 1 N–H and O–H groups in total. The number of carboxylic acids is 1. The van der Waals surface area contributed by atoms with E-state index in [1.807, 2.05) is 24.3 Å². The second kappa shape index (κ2) is 8.82. The molecule has 37 heavy (non-hydrogen) atoms. The minimum absolute atomic E-state index is 0.283. The van der Waals surface area contributed by atoms with Crippen molar-refractivity contribution in [3.8, 4) is 5.69 Å². The number of fused-ring (bicyclic) bond motifs is 5. The molecule has 4 aromatic rings. The lowest BCUT2D eigenvalue weighted by Gasteiger charge is -2.32. The predicted molar refractivity (Wildman–Crippen MR) is 145 cm³/mol. The molecule has 0 bridgehead atoms. The zero-order chi connectivity index (χ0) is 25.9. The van der Waals surface area contributed by atoms with Crippen molar-refractivity contribution in [2.75, 3.05) is 13.1 Å². The van der Waals surface area contributed by atoms with Gasteiger partial charge < -0.3 is 5.11 Å². The van der Waals surface area contributed by atoms with E-state index in [2.05, 4.69) is 46.5 Å². The Balaban J connectivity index is 1.26. The van der Waals surface area contributed by atoms with Crippen molar-refractivity contribution in [2.45, 2.75) is 44.6 Å². The average Bonchev–Trinajstić information content (AvgIpc) is 3.11. The fraction of sp³-hybridized carbons (Fsp3) is 0.300. The number of hydrogen-bond acceptors (Lipinski definition) is 4. The van der Waals surface area contributed by atoms with Gasteiger partial charge in [-0.3, -0.25) is 14.3 Å². The van der Waals surface area contributed by atoms with Crippen LogP contribution in [0.25, 0.3) is 16.6 Å². The third-order valence-corrected chi connectivity index (χ3v) is 8.31. The van der Waals surface area contributed by atoms with E-state index in [0.717, 1.165) is 55.1 Å². The maximum atomic E-state index is 12.9. The van der Waals surface area contributed by atoms with E-state index in [-0.39, 0.29) is 5.56 Å². The summed E-state index contributed by atoms with van der Waals surface area (Å²) in [7, 11) is 0. The average molecular weight is 514 g/mol. The van der Waals surface area contributed by atoms with Crippen LogP contribution in [0.1, 0.15) is 65.5 Å². The number of halogens is 1. The van der Waals surface area contributed by atoms with Crippen LogP contribution in [0, 0.1) is 0 Å². The van der Waals surface area contributed by atoms with Gasteiger partial charge in [0, 0.05) is 6.54 Å². The third kappa shape index (κ3) is 3.95. The SMILES string of the molecule is CC1(C)c2cc(C3CCN(Cc4cccc(C(=O)O)c4)CC3)ccc2-n2c1nc(=O)c1c(Cl)cccc12. The Morgan fingerprint density at radius 3 is 2.59 bits per heavy atom. The summed E-state index contributed by atoms with van der Waals surface area (Å²) in [5, 5.41) is 10.2. The first-order valence-electron chi connectivity index (χ1n) is 12.6. The molecule has 0 aliphatic carbocycles. The molecule has 0 radical (unpaired) electrons. The first-order valence-corrected chi connectivity index (χ1v) is 13.0. The zero-order valence-electron chi connectivity index (χ0n) is 20.9. The van der Waals surface area contributed by atoms with Gasteiger partial charge in [-0.1, -0.05) is 41.9 Å². The van der Waals surface area contributed by atoms with Crippen LogP contribution < -0.4 is 5.56 Å². The van der Waals surface area contributed by atoms with Crippen molar-refractivity contribution in [3.63, 3.8) is 0 Å². The molecular weight excluding hydrogens is 486 g/mol. The molecule has 1 fully saturated rings. The van der Waals surface area contributed by atoms with Gasteiger partial charge in [0.05, 0.1) is 32.6 Å². The van der Waals surface area contributed by atoms with Crippen LogP contribution in [-0.4, -0.2) is 38.6 Å². The van der Waals surface area contributed by atoms with E-state index in [1.54, 1.807) is 18.2 Å². The number of nitrogens with zero attached hydrogens (tertiary/aromatic N) is 3. The highest BCUT2D eigenvalue weighted by atomic mass is 35.5. The Bertz CT molecular complexity index is 1620. The second-order valence-corrected chi connectivity index (χ2v) is 11.1. The highest BCUT2D eigenvalue weighted by Gasteiger charge is 2.39. The van der Waals surface area contributed by atoms with Gasteiger partial charge in [0.1, 0.15) is 5.82 Å². The van der Waals surface area contributed by atoms with Crippen LogP contribution >= 0.6 is 11.6 Å². The van der Waals surface area contributed by atoms with Crippen LogP contribution in [0.15, 0.2) is 65.5 Å². The quantitative estimate of drug-likeness (QED) is 0.375. The van der Waals surface area contributed by atoms with Gasteiger partial charge in [-0.15, -0.1) is 0 Å². The highest BCUT2D eigenvalue weighted by Crippen LogP contribution is 2.44. The summed E-state index contributed by atoms with van der Waals surface area (Å²) in [6, 6.07) is 19.5. The molecule has 3 aromatic carbocycles. The van der Waals surface area contributed by atoms with Crippen molar-refractivity contribution < 1.29 is 9.90 Å². The van der Waals surface area contributed by atoms with Crippen molar-refractivity contribution >= 4 is 28.5 Å². The number of aromatic carboxylic acids is 1. The van der Waals surface area contributed by atoms with E-state index in [1.165, 1.54) is 11.1 Å². The maximum absolute atomic E-state index is 12.9. The molecule has 0 unspecified atom stereocenters. The molecule has 0 spiro atoms. The molecule has 6 nitrogen and oxygen atoms in total. The van der Waals surface area contributed by atoms with Crippen LogP contribution in [0.4, 0.5) is 0 Å². The summed E-state index contributed by atoms with van der Waals surface area (Å²) in [4.78, 5) is 31.1. The molecule has 188 valence electrons. The van der Waals surface area contributed by atoms with Crippen molar-refractivity contribution in [1.82, 2.24) is 14.5 Å². The van der Waals surface area contributed by atoms with E-state index < -0.39 is 11.4 Å². The van der Waals surface area contributed by atoms with Gasteiger partial charge in [0.15, 0.2) is 0 Å². The van der Waals surface area contributed by atoms with Gasteiger partial charge in [-0.2, -0.15) is 4.98 Å². The van der Waals surface area contributed by atoms with Crippen LogP contribution in [0.3, 0.4) is 0 Å². The van der Waals surface area contributed by atoms with Crippen LogP contribution in [0.5, 0.6) is 0 Å². The van der Waals surface area contributed by atoms with E-state index >= 15 is 0 Å². The smallest absolute Gasteiger partial charge is 0.335 e. The number of hydrogen-bond donors (Lipinski definition) is 1. The molecule has 2 aliphatic rings. The summed E-state index contributed by atoms with van der Waals surface area (Å²) in [5.74, 6) is 0.307. The fourth-order valence-electron chi connectivity index (χ4n) is 6.00. The number of carboxylic acid groups (broad SMARTS) is 1. The van der Waals surface area contributed by atoms with Crippen molar-refractivity contribution in [2.24, 2.45) is 0 Å². The van der Waals surface area contributed by atoms with Gasteiger partial charge in [0.2, 0.25) is 0 Å². The number of rotatable bonds is 4. The number of likely N-dealkylation sites (tertiary alicyclic amines) is 1. The minimum atomic E-state index is -0.891. The lowest BCUT2D eigenvalue weighted by molar-refractivity contribution is 0.0696. The molecule has 7 heteroatoms. The lowest BCUT2D eigenvalue weighted by Crippen LogP contribution is -2.32. The number of piperidine rings is 1. The Morgan fingerprint density at radius 2 is 1.84 bits per heavy atom. The zero-order valence-corrected chi connectivity index (χ0v) is 21.6.